The van der Waals surface area contributed by atoms with Gasteiger partial charge in [0.1, 0.15) is 17.3 Å². The molecule has 7 nitrogen and oxygen atoms in total. The Bertz CT molecular complexity index is 998. The summed E-state index contributed by atoms with van der Waals surface area (Å²) in [6, 6.07) is 13.4. The van der Waals surface area contributed by atoms with Gasteiger partial charge in [0.05, 0.1) is 24.8 Å². The number of amides is 1. The van der Waals surface area contributed by atoms with Crippen LogP contribution in [0.5, 0.6) is 11.5 Å². The fourth-order valence-electron chi connectivity index (χ4n) is 3.86. The number of hydrogen-bond donors (Lipinski definition) is 1. The van der Waals surface area contributed by atoms with Crippen LogP contribution in [0.1, 0.15) is 43.9 Å². The Balaban J connectivity index is 2.05. The summed E-state index contributed by atoms with van der Waals surface area (Å²) in [6.07, 6.45) is 1.46. The van der Waals surface area contributed by atoms with Crippen LogP contribution in [0.3, 0.4) is 0 Å². The molecule has 1 heterocycles. The molecule has 1 fully saturated rings. The van der Waals surface area contributed by atoms with E-state index < -0.39 is 17.7 Å². The topological polar surface area (TPSA) is 85.3 Å². The molecule has 0 spiro atoms. The zero-order valence-corrected chi connectivity index (χ0v) is 19.4. The van der Waals surface area contributed by atoms with Crippen molar-refractivity contribution in [2.75, 3.05) is 33.5 Å². The van der Waals surface area contributed by atoms with Crippen molar-refractivity contribution in [3.8, 4) is 11.5 Å². The molecule has 1 unspecified atom stereocenters. The van der Waals surface area contributed by atoms with Crippen LogP contribution in [-0.4, -0.2) is 55.2 Å². The normalized spacial score (nSPS) is 17.4. The number of benzene rings is 2. The van der Waals surface area contributed by atoms with Crippen LogP contribution in [0.4, 0.5) is 0 Å². The van der Waals surface area contributed by atoms with Crippen LogP contribution in [0.15, 0.2) is 54.1 Å². The number of nitrogens with zero attached hydrogens (tertiary/aromatic N) is 1. The highest BCUT2D eigenvalue weighted by molar-refractivity contribution is 6.46. The van der Waals surface area contributed by atoms with Crippen LogP contribution in [0, 0.1) is 0 Å². The molecule has 1 aliphatic rings. The number of likely N-dealkylation sites (tertiary alicyclic amines) is 1. The Hall–Kier alpha value is -3.32. The van der Waals surface area contributed by atoms with Crippen molar-refractivity contribution in [1.29, 1.82) is 0 Å². The standard InChI is InChI=1S/C26H31NO6/c1-4-15-33-20-12-10-18(11-13-20)23-22(25(29)26(30)27(23)14-7-16-31-3)24(28)19-8-6-9-21(17-19)32-5-2/h6,8-13,17,23,28H,4-5,7,14-16H2,1-3H3/b24-22-. The van der Waals surface area contributed by atoms with Gasteiger partial charge < -0.3 is 24.2 Å². The Labute approximate surface area is 194 Å². The molecule has 3 rings (SSSR count). The molecule has 2 aromatic carbocycles. The van der Waals surface area contributed by atoms with Gasteiger partial charge in [0.25, 0.3) is 11.7 Å². The summed E-state index contributed by atoms with van der Waals surface area (Å²) in [5.74, 6) is -0.278. The zero-order valence-electron chi connectivity index (χ0n) is 19.4. The third kappa shape index (κ3) is 5.54. The van der Waals surface area contributed by atoms with E-state index in [0.717, 1.165) is 12.0 Å². The lowest BCUT2D eigenvalue weighted by molar-refractivity contribution is -0.140. The number of aliphatic hydroxyl groups excluding tert-OH is 1. The van der Waals surface area contributed by atoms with Crippen molar-refractivity contribution < 1.29 is 28.9 Å². The molecule has 0 radical (unpaired) electrons. The van der Waals surface area contributed by atoms with Crippen molar-refractivity contribution in [2.45, 2.75) is 32.7 Å². The van der Waals surface area contributed by atoms with Crippen molar-refractivity contribution in [3.05, 3.63) is 65.2 Å². The molecule has 0 aliphatic carbocycles. The van der Waals surface area contributed by atoms with E-state index in [1.165, 1.54) is 4.90 Å². The lowest BCUT2D eigenvalue weighted by Crippen LogP contribution is -2.31. The van der Waals surface area contributed by atoms with E-state index in [2.05, 4.69) is 0 Å². The Morgan fingerprint density at radius 2 is 1.76 bits per heavy atom. The van der Waals surface area contributed by atoms with E-state index in [9.17, 15) is 14.7 Å². The molecule has 0 bridgehead atoms. The third-order valence-electron chi connectivity index (χ3n) is 5.37. The highest BCUT2D eigenvalue weighted by atomic mass is 16.5. The van der Waals surface area contributed by atoms with Crippen LogP contribution in [-0.2, 0) is 14.3 Å². The average molecular weight is 454 g/mol. The number of methoxy groups -OCH3 is 1. The van der Waals surface area contributed by atoms with Crippen molar-refractivity contribution in [2.24, 2.45) is 0 Å². The molecular formula is C26H31NO6. The van der Waals surface area contributed by atoms with E-state index in [4.69, 9.17) is 14.2 Å². The number of ketones is 1. The van der Waals surface area contributed by atoms with Crippen LogP contribution in [0.2, 0.25) is 0 Å². The maximum Gasteiger partial charge on any atom is 0.295 e. The van der Waals surface area contributed by atoms with Crippen molar-refractivity contribution in [3.63, 3.8) is 0 Å². The minimum Gasteiger partial charge on any atom is -0.507 e. The van der Waals surface area contributed by atoms with Crippen molar-refractivity contribution >= 4 is 17.4 Å². The fraction of sp³-hybridized carbons (Fsp3) is 0.385. The summed E-state index contributed by atoms with van der Waals surface area (Å²) in [4.78, 5) is 27.5. The molecule has 2 aromatic rings. The maximum atomic E-state index is 13.1. The molecule has 1 aliphatic heterocycles. The summed E-state index contributed by atoms with van der Waals surface area (Å²) in [7, 11) is 1.59. The first-order valence-corrected chi connectivity index (χ1v) is 11.2. The van der Waals surface area contributed by atoms with Gasteiger partial charge in [0.2, 0.25) is 0 Å². The minimum atomic E-state index is -0.710. The average Bonchev–Trinajstić information content (AvgIpc) is 3.08. The first-order chi connectivity index (χ1) is 16.0. The first kappa shape index (κ1) is 24.3. The fourth-order valence-corrected chi connectivity index (χ4v) is 3.86. The van der Waals surface area contributed by atoms with Crippen LogP contribution >= 0.6 is 0 Å². The first-order valence-electron chi connectivity index (χ1n) is 11.2. The summed E-state index contributed by atoms with van der Waals surface area (Å²) in [6.45, 7) is 5.75. The SMILES string of the molecule is CCCOc1ccc(C2/C(=C(/O)c3cccc(OCC)c3)C(=O)C(=O)N2CCCOC)cc1. The van der Waals surface area contributed by atoms with Gasteiger partial charge in [0, 0.05) is 25.8 Å². The highest BCUT2D eigenvalue weighted by Gasteiger charge is 2.45. The van der Waals surface area contributed by atoms with Gasteiger partial charge in [-0.25, -0.2) is 0 Å². The number of ether oxygens (including phenoxy) is 3. The number of hydrogen-bond acceptors (Lipinski definition) is 6. The summed E-state index contributed by atoms with van der Waals surface area (Å²) in [5, 5.41) is 11.2. The minimum absolute atomic E-state index is 0.0632. The third-order valence-corrected chi connectivity index (χ3v) is 5.37. The highest BCUT2D eigenvalue weighted by Crippen LogP contribution is 2.40. The maximum absolute atomic E-state index is 13.1. The molecular weight excluding hydrogens is 422 g/mol. The molecule has 176 valence electrons. The van der Waals surface area contributed by atoms with Gasteiger partial charge >= 0.3 is 0 Å². The number of Topliss-reactive ketones (excluding diaryl/α,β-unsaturated/α-hetero) is 1. The van der Waals surface area contributed by atoms with E-state index in [1.807, 2.05) is 38.1 Å². The van der Waals surface area contributed by atoms with Crippen LogP contribution < -0.4 is 9.47 Å². The molecule has 1 atom stereocenters. The second-order valence-corrected chi connectivity index (χ2v) is 7.72. The van der Waals surface area contributed by atoms with Crippen LogP contribution in [0.25, 0.3) is 5.76 Å². The molecule has 33 heavy (non-hydrogen) atoms. The van der Waals surface area contributed by atoms with Crippen molar-refractivity contribution in [1.82, 2.24) is 4.90 Å². The Morgan fingerprint density at radius 1 is 1.00 bits per heavy atom. The Kier molecular flexibility index (Phi) is 8.49. The van der Waals surface area contributed by atoms with Gasteiger partial charge in [-0.1, -0.05) is 31.2 Å². The summed E-state index contributed by atoms with van der Waals surface area (Å²) < 4.78 is 16.3. The van der Waals surface area contributed by atoms with Gasteiger partial charge in [-0.15, -0.1) is 0 Å². The van der Waals surface area contributed by atoms with Gasteiger partial charge in [-0.05, 0) is 49.6 Å². The van der Waals surface area contributed by atoms with Gasteiger partial charge in [0.15, 0.2) is 0 Å². The zero-order chi connectivity index (χ0) is 23.8. The largest absolute Gasteiger partial charge is 0.507 e. The smallest absolute Gasteiger partial charge is 0.295 e. The van der Waals surface area contributed by atoms with Gasteiger partial charge in [-0.2, -0.15) is 0 Å². The van der Waals surface area contributed by atoms with Gasteiger partial charge in [-0.3, -0.25) is 9.59 Å². The van der Waals surface area contributed by atoms with E-state index in [1.54, 1.807) is 31.4 Å². The lowest BCUT2D eigenvalue weighted by Gasteiger charge is -2.25. The quantitative estimate of drug-likeness (QED) is 0.236. The Morgan fingerprint density at radius 3 is 2.42 bits per heavy atom. The van der Waals surface area contributed by atoms with E-state index in [0.29, 0.717) is 49.8 Å². The number of carbonyl (C=O) groups is 2. The number of rotatable bonds is 11. The molecule has 1 amide bonds. The molecule has 0 aromatic heterocycles. The number of aliphatic hydroxyl groups is 1. The number of carbonyl (C=O) groups excluding carboxylic acids is 2. The monoisotopic (exact) mass is 453 g/mol. The predicted molar refractivity (Wildman–Crippen MR) is 125 cm³/mol. The molecule has 1 N–H and O–H groups in total. The second kappa shape index (κ2) is 11.5. The summed E-state index contributed by atoms with van der Waals surface area (Å²) in [5.41, 5.74) is 1.20. The van der Waals surface area contributed by atoms with E-state index >= 15 is 0 Å². The lowest BCUT2D eigenvalue weighted by atomic mass is 9.95. The molecule has 1 saturated heterocycles. The summed E-state index contributed by atoms with van der Waals surface area (Å²) >= 11 is 0. The molecule has 7 heteroatoms. The predicted octanol–water partition coefficient (Wildman–Crippen LogP) is 4.33. The molecule has 0 saturated carbocycles. The second-order valence-electron chi connectivity index (χ2n) is 7.72. The van der Waals surface area contributed by atoms with E-state index in [-0.39, 0.29) is 11.3 Å².